The number of hydrogen-bond acceptors (Lipinski definition) is 5. The van der Waals surface area contributed by atoms with Crippen LogP contribution in [0.4, 0.5) is 11.4 Å². The van der Waals surface area contributed by atoms with Crippen molar-refractivity contribution in [3.05, 3.63) is 53.1 Å². The number of ether oxygens (including phenoxy) is 1. The number of amides is 2. The van der Waals surface area contributed by atoms with Gasteiger partial charge in [-0.1, -0.05) is 23.7 Å². The lowest BCUT2D eigenvalue weighted by Gasteiger charge is -2.29. The fraction of sp³-hybridized carbons (Fsp3) is 0.333. The van der Waals surface area contributed by atoms with Crippen molar-refractivity contribution in [3.63, 3.8) is 0 Å². The number of carbonyl (C=O) groups is 2. The predicted octanol–water partition coefficient (Wildman–Crippen LogP) is 2.49. The molecule has 2 amide bonds. The molecule has 152 valence electrons. The number of benzene rings is 2. The molecular formula is C21H22ClN3O4. The monoisotopic (exact) mass is 415 g/mol. The van der Waals surface area contributed by atoms with Gasteiger partial charge in [-0.3, -0.25) is 14.9 Å². The van der Waals surface area contributed by atoms with Gasteiger partial charge in [-0.05, 0) is 43.7 Å². The summed E-state index contributed by atoms with van der Waals surface area (Å²) in [7, 11) is 1.57. The van der Waals surface area contributed by atoms with Crippen molar-refractivity contribution in [2.75, 3.05) is 17.7 Å². The number of aliphatic hydroxyl groups excluding tert-OH is 1. The van der Waals surface area contributed by atoms with Gasteiger partial charge >= 0.3 is 0 Å². The van der Waals surface area contributed by atoms with Crippen LogP contribution < -0.4 is 20.7 Å². The number of rotatable bonds is 4. The summed E-state index contributed by atoms with van der Waals surface area (Å²) in [6.45, 7) is 1.64. The van der Waals surface area contributed by atoms with Crippen LogP contribution in [0.2, 0.25) is 5.02 Å². The first-order valence-electron chi connectivity index (χ1n) is 9.38. The Labute approximate surface area is 173 Å². The van der Waals surface area contributed by atoms with Gasteiger partial charge in [0.1, 0.15) is 11.3 Å². The Kier molecular flexibility index (Phi) is 4.98. The fourth-order valence-electron chi connectivity index (χ4n) is 4.21. The summed E-state index contributed by atoms with van der Waals surface area (Å²) in [5.74, 6) is -0.716. The SMILES string of the molecule is COc1ccc(NC(=O)[C@@H]2C[C@H]([C@@H](C)O)N[C@@]23C(=O)Nc2c(Cl)cccc23)cc1. The molecule has 0 saturated carbocycles. The number of fused-ring (bicyclic) bond motifs is 2. The molecule has 4 rings (SSSR count). The highest BCUT2D eigenvalue weighted by molar-refractivity contribution is 6.35. The van der Waals surface area contributed by atoms with Crippen LogP contribution in [-0.2, 0) is 15.1 Å². The van der Waals surface area contributed by atoms with Crippen LogP contribution in [0.1, 0.15) is 18.9 Å². The van der Waals surface area contributed by atoms with Crippen molar-refractivity contribution >= 4 is 34.8 Å². The maximum atomic E-state index is 13.3. The Morgan fingerprint density at radius 3 is 2.69 bits per heavy atom. The second kappa shape index (κ2) is 7.33. The third-order valence-electron chi connectivity index (χ3n) is 5.72. The van der Waals surface area contributed by atoms with Crippen molar-refractivity contribution in [3.8, 4) is 5.75 Å². The molecule has 2 aromatic carbocycles. The van der Waals surface area contributed by atoms with E-state index in [2.05, 4.69) is 16.0 Å². The first-order valence-corrected chi connectivity index (χ1v) is 9.75. The molecule has 4 atom stereocenters. The Morgan fingerprint density at radius 2 is 2.03 bits per heavy atom. The van der Waals surface area contributed by atoms with E-state index in [1.54, 1.807) is 56.5 Å². The van der Waals surface area contributed by atoms with Crippen LogP contribution in [0.15, 0.2) is 42.5 Å². The molecule has 0 bridgehead atoms. The van der Waals surface area contributed by atoms with E-state index in [1.807, 2.05) is 0 Å². The third-order valence-corrected chi connectivity index (χ3v) is 6.03. The molecule has 2 heterocycles. The van der Waals surface area contributed by atoms with Crippen molar-refractivity contribution in [1.82, 2.24) is 5.32 Å². The second-order valence-corrected chi connectivity index (χ2v) is 7.83. The smallest absolute Gasteiger partial charge is 0.250 e. The highest BCUT2D eigenvalue weighted by Gasteiger charge is 2.61. The first kappa shape index (κ1) is 19.7. The molecule has 1 fully saturated rings. The van der Waals surface area contributed by atoms with Crippen molar-refractivity contribution in [1.29, 1.82) is 0 Å². The molecule has 2 aliphatic rings. The molecule has 2 aromatic rings. The highest BCUT2D eigenvalue weighted by atomic mass is 35.5. The number of methoxy groups -OCH3 is 1. The van der Waals surface area contributed by atoms with Crippen molar-refractivity contribution < 1.29 is 19.4 Å². The van der Waals surface area contributed by atoms with Gasteiger partial charge < -0.3 is 20.5 Å². The number of aliphatic hydroxyl groups is 1. The van der Waals surface area contributed by atoms with Crippen LogP contribution in [0.25, 0.3) is 0 Å². The van der Waals surface area contributed by atoms with E-state index in [0.29, 0.717) is 34.1 Å². The molecule has 1 saturated heterocycles. The lowest BCUT2D eigenvalue weighted by molar-refractivity contribution is -0.130. The average Bonchev–Trinajstić information content (AvgIpc) is 3.24. The molecule has 4 N–H and O–H groups in total. The van der Waals surface area contributed by atoms with Crippen molar-refractivity contribution in [2.24, 2.45) is 5.92 Å². The molecule has 0 radical (unpaired) electrons. The fourth-order valence-corrected chi connectivity index (χ4v) is 4.43. The zero-order valence-corrected chi connectivity index (χ0v) is 16.8. The number of carbonyl (C=O) groups excluding carboxylic acids is 2. The van der Waals surface area contributed by atoms with Crippen LogP contribution in [-0.4, -0.2) is 36.2 Å². The van der Waals surface area contributed by atoms with Crippen LogP contribution in [0, 0.1) is 5.92 Å². The third kappa shape index (κ3) is 3.15. The summed E-state index contributed by atoms with van der Waals surface area (Å²) in [5.41, 5.74) is 0.419. The Bertz CT molecular complexity index is 963. The first-order chi connectivity index (χ1) is 13.9. The van der Waals surface area contributed by atoms with E-state index in [9.17, 15) is 14.7 Å². The summed E-state index contributed by atoms with van der Waals surface area (Å²) in [6, 6.07) is 11.8. The Hall–Kier alpha value is -2.61. The lowest BCUT2D eigenvalue weighted by Crippen LogP contribution is -2.53. The molecule has 2 aliphatic heterocycles. The summed E-state index contributed by atoms with van der Waals surface area (Å²) in [5, 5.41) is 19.5. The summed E-state index contributed by atoms with van der Waals surface area (Å²) in [4.78, 5) is 26.4. The summed E-state index contributed by atoms with van der Waals surface area (Å²) < 4.78 is 5.14. The zero-order chi connectivity index (χ0) is 20.8. The number of halogens is 1. The van der Waals surface area contributed by atoms with Gasteiger partial charge in [0, 0.05) is 17.3 Å². The Balaban J connectivity index is 1.71. The maximum absolute atomic E-state index is 13.3. The molecule has 0 aromatic heterocycles. The quantitative estimate of drug-likeness (QED) is 0.614. The van der Waals surface area contributed by atoms with E-state index < -0.39 is 23.6 Å². The number of para-hydroxylation sites is 1. The number of hydrogen-bond donors (Lipinski definition) is 4. The number of anilines is 2. The molecular weight excluding hydrogens is 394 g/mol. The maximum Gasteiger partial charge on any atom is 0.250 e. The summed E-state index contributed by atoms with van der Waals surface area (Å²) >= 11 is 6.28. The van der Waals surface area contributed by atoms with E-state index in [4.69, 9.17) is 16.3 Å². The molecule has 29 heavy (non-hydrogen) atoms. The molecule has 8 heteroatoms. The average molecular weight is 416 g/mol. The van der Waals surface area contributed by atoms with Gasteiger partial charge in [0.15, 0.2) is 0 Å². The van der Waals surface area contributed by atoms with Gasteiger partial charge in [0.05, 0.1) is 29.8 Å². The molecule has 1 spiro atoms. The van der Waals surface area contributed by atoms with E-state index in [-0.39, 0.29) is 11.8 Å². The standard InChI is InChI=1S/C21H22ClN3O4/c1-11(26)17-10-15(19(27)23-12-6-8-13(29-2)9-7-12)21(25-17)14-4-3-5-16(22)18(14)24-20(21)28/h3-9,11,15,17,25-26H,10H2,1-2H3,(H,23,27)(H,24,28)/t11-,15+,17-,21-/m1/s1. The highest BCUT2D eigenvalue weighted by Crippen LogP contribution is 2.49. The van der Waals surface area contributed by atoms with E-state index in [0.717, 1.165) is 0 Å². The topological polar surface area (TPSA) is 99.7 Å². The minimum absolute atomic E-state index is 0.305. The zero-order valence-electron chi connectivity index (χ0n) is 16.0. The van der Waals surface area contributed by atoms with Gasteiger partial charge in [0.25, 0.3) is 0 Å². The van der Waals surface area contributed by atoms with Gasteiger partial charge in [-0.2, -0.15) is 0 Å². The second-order valence-electron chi connectivity index (χ2n) is 7.42. The van der Waals surface area contributed by atoms with E-state index >= 15 is 0 Å². The van der Waals surface area contributed by atoms with Crippen LogP contribution in [0.5, 0.6) is 5.75 Å². The number of nitrogens with one attached hydrogen (secondary N) is 3. The minimum atomic E-state index is -1.29. The van der Waals surface area contributed by atoms with Gasteiger partial charge in [0.2, 0.25) is 11.8 Å². The van der Waals surface area contributed by atoms with E-state index in [1.165, 1.54) is 0 Å². The van der Waals surface area contributed by atoms with Gasteiger partial charge in [-0.25, -0.2) is 0 Å². The normalized spacial score (nSPS) is 26.1. The van der Waals surface area contributed by atoms with Crippen LogP contribution >= 0.6 is 11.6 Å². The largest absolute Gasteiger partial charge is 0.497 e. The van der Waals surface area contributed by atoms with Crippen molar-refractivity contribution in [2.45, 2.75) is 31.0 Å². The molecule has 0 unspecified atom stereocenters. The summed E-state index contributed by atoms with van der Waals surface area (Å²) in [6.07, 6.45) is -0.430. The van der Waals surface area contributed by atoms with Crippen LogP contribution in [0.3, 0.4) is 0 Å². The predicted molar refractivity (Wildman–Crippen MR) is 110 cm³/mol. The molecule has 7 nitrogen and oxygen atoms in total. The lowest BCUT2D eigenvalue weighted by atomic mass is 9.79. The Morgan fingerprint density at radius 1 is 1.31 bits per heavy atom. The molecule has 0 aliphatic carbocycles. The van der Waals surface area contributed by atoms with Gasteiger partial charge in [-0.15, -0.1) is 0 Å². The minimum Gasteiger partial charge on any atom is -0.497 e.